The number of carboxylic acids is 1. The van der Waals surface area contributed by atoms with E-state index in [-0.39, 0.29) is 13.0 Å². The SMILES string of the molecule is CC/C=C\C/C=C\C/C=C\CCCCCCCCCC(=O)OC(COCCCCCCCC/C=C\CCCCCC)COP(=O)(O)OCC(N)C(=O)O. The Balaban J connectivity index is 4.29. The summed E-state index contributed by atoms with van der Waals surface area (Å²) in [6.07, 6.45) is 43.0. The van der Waals surface area contributed by atoms with Crippen molar-refractivity contribution in [1.29, 1.82) is 0 Å². The molecular formula is C42H76NO9P. The van der Waals surface area contributed by atoms with Gasteiger partial charge in [-0.1, -0.05) is 140 Å². The molecule has 11 heteroatoms. The molecule has 0 rings (SSSR count). The van der Waals surface area contributed by atoms with E-state index in [0.29, 0.717) is 13.0 Å². The second kappa shape index (κ2) is 38.2. The van der Waals surface area contributed by atoms with Crippen LogP contribution in [0.2, 0.25) is 0 Å². The van der Waals surface area contributed by atoms with Crippen LogP contribution in [0.1, 0.15) is 168 Å². The van der Waals surface area contributed by atoms with Gasteiger partial charge in [-0.3, -0.25) is 18.6 Å². The fourth-order valence-corrected chi connectivity index (χ4v) is 6.15. The maximum absolute atomic E-state index is 12.6. The second-order valence-electron chi connectivity index (χ2n) is 13.7. The van der Waals surface area contributed by atoms with Gasteiger partial charge in [0.25, 0.3) is 0 Å². The first-order chi connectivity index (χ1) is 25.7. The summed E-state index contributed by atoms with van der Waals surface area (Å²) >= 11 is 0. The molecule has 3 atom stereocenters. The minimum atomic E-state index is -4.62. The molecule has 0 amide bonds. The molecule has 0 saturated heterocycles. The van der Waals surface area contributed by atoms with E-state index in [0.717, 1.165) is 70.6 Å². The van der Waals surface area contributed by atoms with Crippen LogP contribution in [0.4, 0.5) is 0 Å². The molecule has 4 N–H and O–H groups in total. The van der Waals surface area contributed by atoms with Crippen molar-refractivity contribution in [3.05, 3.63) is 48.6 Å². The Hall–Kier alpha value is -2.07. The van der Waals surface area contributed by atoms with E-state index < -0.39 is 45.1 Å². The van der Waals surface area contributed by atoms with Crippen molar-refractivity contribution in [2.75, 3.05) is 26.4 Å². The number of phosphoric acid groups is 1. The Morgan fingerprint density at radius 3 is 1.66 bits per heavy atom. The van der Waals surface area contributed by atoms with Crippen molar-refractivity contribution in [3.63, 3.8) is 0 Å². The number of hydrogen-bond donors (Lipinski definition) is 3. The Morgan fingerprint density at radius 1 is 0.623 bits per heavy atom. The minimum absolute atomic E-state index is 0.00763. The van der Waals surface area contributed by atoms with E-state index >= 15 is 0 Å². The van der Waals surface area contributed by atoms with Gasteiger partial charge in [0.2, 0.25) is 0 Å². The molecule has 0 aromatic rings. The Kier molecular flexibility index (Phi) is 36.7. The maximum Gasteiger partial charge on any atom is 0.472 e. The van der Waals surface area contributed by atoms with Crippen LogP contribution >= 0.6 is 7.82 Å². The summed E-state index contributed by atoms with van der Waals surface area (Å²) in [6.45, 7) is 3.72. The molecule has 0 bridgehead atoms. The number of carboxylic acid groups (broad SMARTS) is 1. The van der Waals surface area contributed by atoms with E-state index in [9.17, 15) is 19.0 Å². The molecular weight excluding hydrogens is 693 g/mol. The van der Waals surface area contributed by atoms with Crippen molar-refractivity contribution < 1.29 is 42.7 Å². The number of rotatable bonds is 39. The highest BCUT2D eigenvalue weighted by Crippen LogP contribution is 2.43. The molecule has 308 valence electrons. The number of nitrogens with two attached hydrogens (primary N) is 1. The Morgan fingerprint density at radius 2 is 1.09 bits per heavy atom. The number of allylic oxidation sites excluding steroid dienone is 8. The van der Waals surface area contributed by atoms with Crippen molar-refractivity contribution in [2.45, 2.75) is 180 Å². The van der Waals surface area contributed by atoms with Gasteiger partial charge in [0.1, 0.15) is 12.1 Å². The highest BCUT2D eigenvalue weighted by atomic mass is 31.2. The van der Waals surface area contributed by atoms with Crippen molar-refractivity contribution >= 4 is 19.8 Å². The first-order valence-electron chi connectivity index (χ1n) is 20.7. The lowest BCUT2D eigenvalue weighted by atomic mass is 10.1. The molecule has 53 heavy (non-hydrogen) atoms. The first-order valence-corrected chi connectivity index (χ1v) is 22.2. The third-order valence-corrected chi connectivity index (χ3v) is 9.54. The quantitative estimate of drug-likeness (QED) is 0.0238. The van der Waals surface area contributed by atoms with Gasteiger partial charge >= 0.3 is 19.8 Å². The highest BCUT2D eigenvalue weighted by Gasteiger charge is 2.27. The average Bonchev–Trinajstić information content (AvgIpc) is 3.13. The zero-order valence-electron chi connectivity index (χ0n) is 33.3. The zero-order valence-corrected chi connectivity index (χ0v) is 34.2. The van der Waals surface area contributed by atoms with E-state index in [1.807, 2.05) is 0 Å². The number of carbonyl (C=O) groups is 2. The fourth-order valence-electron chi connectivity index (χ4n) is 5.38. The van der Waals surface area contributed by atoms with Crippen LogP contribution < -0.4 is 5.73 Å². The van der Waals surface area contributed by atoms with Crippen LogP contribution in [-0.4, -0.2) is 60.5 Å². The molecule has 0 radical (unpaired) electrons. The average molecular weight is 770 g/mol. The molecule has 0 aliphatic heterocycles. The molecule has 10 nitrogen and oxygen atoms in total. The van der Waals surface area contributed by atoms with Crippen LogP contribution in [0.15, 0.2) is 48.6 Å². The first kappa shape index (κ1) is 50.9. The molecule has 0 aromatic heterocycles. The lowest BCUT2D eigenvalue weighted by Crippen LogP contribution is -2.34. The second-order valence-corrected chi connectivity index (χ2v) is 15.2. The number of hydrogen-bond acceptors (Lipinski definition) is 8. The molecule has 0 fully saturated rings. The summed E-state index contributed by atoms with van der Waals surface area (Å²) in [5.41, 5.74) is 5.35. The molecule has 0 saturated carbocycles. The number of carbonyl (C=O) groups excluding carboxylic acids is 1. The van der Waals surface area contributed by atoms with Crippen LogP contribution in [-0.2, 0) is 32.7 Å². The fraction of sp³-hybridized carbons (Fsp3) is 0.762. The number of ether oxygens (including phenoxy) is 2. The number of aliphatic carboxylic acids is 1. The standard InChI is InChI=1S/C42H76NO9P/c1-3-5-7-9-11-13-15-17-19-20-21-22-24-26-28-30-32-34-41(44)52-39(37-50-53(47,48)51-38-40(43)42(45)46)36-49-35-33-31-29-27-25-23-18-16-14-12-10-8-6-4-2/h5,7,11,13-14,16-17,19,39-40H,3-4,6,8-10,12,15,18,20-38,43H2,1-2H3,(H,45,46)(H,47,48)/b7-5-,13-11-,16-14-,19-17-. The van der Waals surface area contributed by atoms with Gasteiger partial charge in [0.15, 0.2) is 0 Å². The van der Waals surface area contributed by atoms with Crippen LogP contribution in [0, 0.1) is 0 Å². The smallest absolute Gasteiger partial charge is 0.472 e. The van der Waals surface area contributed by atoms with Gasteiger partial charge in [-0.25, -0.2) is 4.57 Å². The monoisotopic (exact) mass is 770 g/mol. The Bertz CT molecular complexity index is 1030. The predicted octanol–water partition coefficient (Wildman–Crippen LogP) is 11.1. The van der Waals surface area contributed by atoms with Crippen LogP contribution in [0.5, 0.6) is 0 Å². The van der Waals surface area contributed by atoms with Crippen molar-refractivity contribution in [2.24, 2.45) is 5.73 Å². The van der Waals surface area contributed by atoms with Gasteiger partial charge in [0, 0.05) is 13.0 Å². The molecule has 0 spiro atoms. The third-order valence-electron chi connectivity index (χ3n) is 8.59. The largest absolute Gasteiger partial charge is 0.480 e. The van der Waals surface area contributed by atoms with Gasteiger partial charge < -0.3 is 25.2 Å². The van der Waals surface area contributed by atoms with Gasteiger partial charge in [0.05, 0.1) is 19.8 Å². The molecule has 0 aliphatic carbocycles. The third kappa shape index (κ3) is 38.0. The minimum Gasteiger partial charge on any atom is -0.480 e. The van der Waals surface area contributed by atoms with E-state index in [1.165, 1.54) is 70.6 Å². The summed E-state index contributed by atoms with van der Waals surface area (Å²) < 4.78 is 33.3. The van der Waals surface area contributed by atoms with E-state index in [2.05, 4.69) is 62.5 Å². The molecule has 3 unspecified atom stereocenters. The normalized spacial score (nSPS) is 14.5. The topological polar surface area (TPSA) is 155 Å². The lowest BCUT2D eigenvalue weighted by molar-refractivity contribution is -0.154. The molecule has 0 heterocycles. The van der Waals surface area contributed by atoms with E-state index in [4.69, 9.17) is 29.4 Å². The van der Waals surface area contributed by atoms with Gasteiger partial charge in [-0.2, -0.15) is 0 Å². The summed E-state index contributed by atoms with van der Waals surface area (Å²) in [5, 5.41) is 8.88. The number of unbranched alkanes of at least 4 members (excludes halogenated alkanes) is 17. The van der Waals surface area contributed by atoms with E-state index in [1.54, 1.807) is 0 Å². The van der Waals surface area contributed by atoms with Gasteiger partial charge in [-0.15, -0.1) is 0 Å². The summed E-state index contributed by atoms with van der Waals surface area (Å²) in [7, 11) is -4.62. The highest BCUT2D eigenvalue weighted by molar-refractivity contribution is 7.47. The molecule has 0 aromatic carbocycles. The number of esters is 1. The van der Waals surface area contributed by atoms with Crippen LogP contribution in [0.25, 0.3) is 0 Å². The summed E-state index contributed by atoms with van der Waals surface area (Å²) in [6, 6.07) is -1.48. The number of phosphoric ester groups is 1. The maximum atomic E-state index is 12.6. The van der Waals surface area contributed by atoms with Crippen molar-refractivity contribution in [3.8, 4) is 0 Å². The Labute approximate surface area is 322 Å². The van der Waals surface area contributed by atoms with Crippen LogP contribution in [0.3, 0.4) is 0 Å². The van der Waals surface area contributed by atoms with Crippen molar-refractivity contribution in [1.82, 2.24) is 0 Å². The summed E-state index contributed by atoms with van der Waals surface area (Å²) in [5.74, 6) is -1.79. The zero-order chi connectivity index (χ0) is 39.1. The molecule has 0 aliphatic rings. The lowest BCUT2D eigenvalue weighted by Gasteiger charge is -2.20. The summed E-state index contributed by atoms with van der Waals surface area (Å²) in [4.78, 5) is 33.5. The predicted molar refractivity (Wildman–Crippen MR) is 217 cm³/mol. The van der Waals surface area contributed by atoms with Gasteiger partial charge in [-0.05, 0) is 70.6 Å².